The number of amides is 1. The minimum Gasteiger partial charge on any atom is -0.383 e. The molecule has 0 bridgehead atoms. The number of nitrogens with zero attached hydrogens (tertiary/aromatic N) is 2. The first-order valence-corrected chi connectivity index (χ1v) is 11.2. The lowest BCUT2D eigenvalue weighted by Crippen LogP contribution is -2.61. The zero-order valence-electron chi connectivity index (χ0n) is 15.2. The number of carbonyl (C=O) groups is 1. The van der Waals surface area contributed by atoms with Gasteiger partial charge in [-0.25, -0.2) is 8.42 Å². The van der Waals surface area contributed by atoms with Gasteiger partial charge in [0.2, 0.25) is 0 Å². The summed E-state index contributed by atoms with van der Waals surface area (Å²) in [5.74, 6) is 0.172. The number of piperazine rings is 1. The molecular weight excluding hydrogens is 352 g/mol. The Hall–Kier alpha value is -1.44. The monoisotopic (exact) mass is 378 g/mol. The molecule has 4 rings (SSSR count). The molecule has 1 aromatic rings. The molecule has 26 heavy (non-hydrogen) atoms. The smallest absolute Gasteiger partial charge is 0.254 e. The highest BCUT2D eigenvalue weighted by Gasteiger charge is 2.47. The summed E-state index contributed by atoms with van der Waals surface area (Å²) in [4.78, 5) is 17.1. The normalized spacial score (nSPS) is 27.3. The van der Waals surface area contributed by atoms with Crippen molar-refractivity contribution in [2.75, 3.05) is 44.9 Å². The van der Waals surface area contributed by atoms with Crippen molar-refractivity contribution in [3.05, 3.63) is 34.9 Å². The van der Waals surface area contributed by atoms with Gasteiger partial charge in [0, 0.05) is 38.3 Å². The number of carbonyl (C=O) groups excluding carboxylic acids is 1. The number of aryl methyl sites for hydroxylation is 2. The van der Waals surface area contributed by atoms with Crippen molar-refractivity contribution in [1.82, 2.24) is 9.80 Å². The maximum absolute atomic E-state index is 13.2. The van der Waals surface area contributed by atoms with E-state index in [1.165, 1.54) is 11.1 Å². The van der Waals surface area contributed by atoms with Gasteiger partial charge < -0.3 is 9.64 Å². The molecule has 0 unspecified atom stereocenters. The van der Waals surface area contributed by atoms with Gasteiger partial charge in [-0.05, 0) is 42.5 Å². The van der Waals surface area contributed by atoms with Gasteiger partial charge in [0.05, 0.1) is 24.2 Å². The Kier molecular flexibility index (Phi) is 4.79. The van der Waals surface area contributed by atoms with Crippen LogP contribution in [0.2, 0.25) is 0 Å². The Bertz CT molecular complexity index is 808. The van der Waals surface area contributed by atoms with Crippen LogP contribution in [0.5, 0.6) is 0 Å². The van der Waals surface area contributed by atoms with E-state index in [-0.39, 0.29) is 29.5 Å². The van der Waals surface area contributed by atoms with Gasteiger partial charge in [-0.2, -0.15) is 0 Å². The molecule has 2 atom stereocenters. The van der Waals surface area contributed by atoms with E-state index < -0.39 is 9.84 Å². The number of ether oxygens (including phenoxy) is 1. The number of hydrogen-bond donors (Lipinski definition) is 0. The Morgan fingerprint density at radius 2 is 1.92 bits per heavy atom. The quantitative estimate of drug-likeness (QED) is 0.773. The third-order valence-corrected chi connectivity index (χ3v) is 7.68. The highest BCUT2D eigenvalue weighted by atomic mass is 32.2. The molecule has 0 saturated carbocycles. The predicted octanol–water partition coefficient (Wildman–Crippen LogP) is 0.745. The zero-order chi connectivity index (χ0) is 18.3. The van der Waals surface area contributed by atoms with Gasteiger partial charge in [-0.3, -0.25) is 9.69 Å². The number of fused-ring (bicyclic) bond motifs is 2. The molecule has 0 radical (unpaired) electrons. The van der Waals surface area contributed by atoms with Crippen LogP contribution in [0.4, 0.5) is 0 Å². The van der Waals surface area contributed by atoms with Crippen molar-refractivity contribution in [2.24, 2.45) is 0 Å². The molecule has 7 heteroatoms. The van der Waals surface area contributed by atoms with Gasteiger partial charge in [-0.15, -0.1) is 0 Å². The molecule has 1 aromatic carbocycles. The Morgan fingerprint density at radius 3 is 2.73 bits per heavy atom. The Morgan fingerprint density at radius 1 is 1.15 bits per heavy atom. The van der Waals surface area contributed by atoms with Crippen LogP contribution in [-0.2, 0) is 27.4 Å². The van der Waals surface area contributed by atoms with Crippen molar-refractivity contribution in [3.8, 4) is 0 Å². The predicted molar refractivity (Wildman–Crippen MR) is 99.2 cm³/mol. The average molecular weight is 378 g/mol. The maximum Gasteiger partial charge on any atom is 0.254 e. The maximum atomic E-state index is 13.2. The summed E-state index contributed by atoms with van der Waals surface area (Å²) in [6.45, 7) is 2.53. The fourth-order valence-corrected chi connectivity index (χ4v) is 6.65. The lowest BCUT2D eigenvalue weighted by Gasteiger charge is -2.43. The molecular formula is C19H26N2O4S. The van der Waals surface area contributed by atoms with Crippen molar-refractivity contribution in [1.29, 1.82) is 0 Å². The van der Waals surface area contributed by atoms with Crippen LogP contribution in [0.3, 0.4) is 0 Å². The molecule has 142 valence electrons. The van der Waals surface area contributed by atoms with E-state index in [2.05, 4.69) is 11.0 Å². The van der Waals surface area contributed by atoms with Crippen molar-refractivity contribution < 1.29 is 17.9 Å². The van der Waals surface area contributed by atoms with Crippen molar-refractivity contribution in [3.63, 3.8) is 0 Å². The Labute approximate surface area is 155 Å². The fourth-order valence-electron chi connectivity index (χ4n) is 4.63. The van der Waals surface area contributed by atoms with E-state index in [9.17, 15) is 13.2 Å². The molecule has 2 fully saturated rings. The highest BCUT2D eigenvalue weighted by Crippen LogP contribution is 2.29. The first-order chi connectivity index (χ1) is 12.5. The molecule has 2 saturated heterocycles. The van der Waals surface area contributed by atoms with Gasteiger partial charge >= 0.3 is 0 Å². The summed E-state index contributed by atoms with van der Waals surface area (Å²) in [6.07, 6.45) is 3.26. The summed E-state index contributed by atoms with van der Waals surface area (Å²) >= 11 is 0. The topological polar surface area (TPSA) is 66.9 Å². The van der Waals surface area contributed by atoms with E-state index >= 15 is 0 Å². The van der Waals surface area contributed by atoms with Crippen LogP contribution < -0.4 is 0 Å². The molecule has 0 spiro atoms. The summed E-state index contributed by atoms with van der Waals surface area (Å²) in [5, 5.41) is 0. The third kappa shape index (κ3) is 3.28. The van der Waals surface area contributed by atoms with Crippen molar-refractivity contribution in [2.45, 2.75) is 31.3 Å². The second kappa shape index (κ2) is 6.94. The van der Waals surface area contributed by atoms with Gasteiger partial charge in [-0.1, -0.05) is 6.07 Å². The lowest BCUT2D eigenvalue weighted by atomic mass is 10.0. The first-order valence-electron chi connectivity index (χ1n) is 9.35. The fraction of sp³-hybridized carbons (Fsp3) is 0.632. The van der Waals surface area contributed by atoms with E-state index in [1.54, 1.807) is 12.0 Å². The lowest BCUT2D eigenvalue weighted by molar-refractivity contribution is 0.0247. The molecule has 0 aromatic heterocycles. The second-order valence-electron chi connectivity index (χ2n) is 7.58. The first kappa shape index (κ1) is 17.9. The van der Waals surface area contributed by atoms with E-state index in [0.29, 0.717) is 31.8 Å². The van der Waals surface area contributed by atoms with Gasteiger partial charge in [0.1, 0.15) is 0 Å². The highest BCUT2D eigenvalue weighted by molar-refractivity contribution is 7.91. The molecule has 2 aliphatic heterocycles. The second-order valence-corrected chi connectivity index (χ2v) is 9.73. The standard InChI is InChI=1S/C19H26N2O4S/c1-25-10-9-20-7-8-21(18-13-26(23,24)12-17(18)20)19(22)16-6-5-14-3-2-4-15(14)11-16/h5-6,11,17-18H,2-4,7-10,12-13H2,1H3/t17-,18+/m1/s1. The number of methoxy groups -OCH3 is 1. The van der Waals surface area contributed by atoms with Gasteiger partial charge in [0.15, 0.2) is 9.84 Å². The molecule has 1 amide bonds. The Balaban J connectivity index is 1.57. The summed E-state index contributed by atoms with van der Waals surface area (Å²) in [6, 6.07) is 5.60. The average Bonchev–Trinajstić information content (AvgIpc) is 3.21. The molecule has 2 heterocycles. The zero-order valence-corrected chi connectivity index (χ0v) is 16.0. The number of benzene rings is 1. The minimum absolute atomic E-state index is 0.0295. The third-order valence-electron chi connectivity index (χ3n) is 5.98. The number of rotatable bonds is 4. The SMILES string of the molecule is COCCN1CCN(C(=O)c2ccc3c(c2)CCC3)[C@H]2CS(=O)(=O)C[C@H]21. The van der Waals surface area contributed by atoms with E-state index in [1.807, 2.05) is 12.1 Å². The number of hydrogen-bond acceptors (Lipinski definition) is 5. The summed E-state index contributed by atoms with van der Waals surface area (Å²) in [7, 11) is -1.47. The van der Waals surface area contributed by atoms with E-state index in [0.717, 1.165) is 19.3 Å². The summed E-state index contributed by atoms with van der Waals surface area (Å²) < 4.78 is 29.7. The van der Waals surface area contributed by atoms with Crippen molar-refractivity contribution >= 4 is 15.7 Å². The largest absolute Gasteiger partial charge is 0.383 e. The van der Waals surface area contributed by atoms with Crippen LogP contribution in [-0.4, -0.2) is 81.1 Å². The minimum atomic E-state index is -3.12. The molecule has 3 aliphatic rings. The van der Waals surface area contributed by atoms with Crippen LogP contribution in [0.15, 0.2) is 18.2 Å². The van der Waals surface area contributed by atoms with Gasteiger partial charge in [0.25, 0.3) is 5.91 Å². The molecule has 6 nitrogen and oxygen atoms in total. The molecule has 0 N–H and O–H groups in total. The molecule has 1 aliphatic carbocycles. The van der Waals surface area contributed by atoms with Crippen LogP contribution in [0.1, 0.15) is 27.9 Å². The van der Waals surface area contributed by atoms with Crippen LogP contribution in [0, 0.1) is 0 Å². The van der Waals surface area contributed by atoms with E-state index in [4.69, 9.17) is 4.74 Å². The van der Waals surface area contributed by atoms with Crippen LogP contribution in [0.25, 0.3) is 0 Å². The van der Waals surface area contributed by atoms with Crippen LogP contribution >= 0.6 is 0 Å². The summed E-state index contributed by atoms with van der Waals surface area (Å²) in [5.41, 5.74) is 3.30. The number of sulfone groups is 1.